The lowest BCUT2D eigenvalue weighted by Crippen LogP contribution is -2.38. The lowest BCUT2D eigenvalue weighted by atomic mass is 10.2. The molecule has 28 heavy (non-hydrogen) atoms. The third-order valence-electron chi connectivity index (χ3n) is 4.18. The van der Waals surface area contributed by atoms with Crippen LogP contribution in [0.2, 0.25) is 0 Å². The largest absolute Gasteiger partial charge is 0.492 e. The van der Waals surface area contributed by atoms with Gasteiger partial charge in [0, 0.05) is 38.2 Å². The number of aryl methyl sites for hydroxylation is 1. The summed E-state index contributed by atoms with van der Waals surface area (Å²) in [6, 6.07) is 8.07. The third kappa shape index (κ3) is 7.19. The molecule has 0 fully saturated rings. The van der Waals surface area contributed by atoms with Gasteiger partial charge in [-0.3, -0.25) is 0 Å². The van der Waals surface area contributed by atoms with Crippen LogP contribution >= 0.6 is 0 Å². The summed E-state index contributed by atoms with van der Waals surface area (Å²) in [6.07, 6.45) is 2.64. The average molecular weight is 388 g/mol. The molecule has 2 rings (SSSR count). The third-order valence-corrected chi connectivity index (χ3v) is 4.18. The first kappa shape index (κ1) is 21.7. The summed E-state index contributed by atoms with van der Waals surface area (Å²) in [5.41, 5.74) is 1.07. The van der Waals surface area contributed by atoms with Crippen molar-refractivity contribution in [2.45, 2.75) is 33.4 Å². The zero-order valence-corrected chi connectivity index (χ0v) is 17.5. The van der Waals surface area contributed by atoms with Crippen LogP contribution in [0.1, 0.15) is 25.2 Å². The fraction of sp³-hybridized carbons (Fsp3) is 0.550. The van der Waals surface area contributed by atoms with Gasteiger partial charge in [0.25, 0.3) is 0 Å². The maximum absolute atomic E-state index is 5.93. The van der Waals surface area contributed by atoms with E-state index in [4.69, 9.17) is 9.73 Å². The Hall–Kier alpha value is -2.61. The number of rotatable bonds is 11. The van der Waals surface area contributed by atoms with Crippen LogP contribution in [0.4, 0.5) is 0 Å². The van der Waals surface area contributed by atoms with Crippen molar-refractivity contribution < 1.29 is 4.74 Å². The van der Waals surface area contributed by atoms with Crippen molar-refractivity contribution in [1.29, 1.82) is 0 Å². The number of nitrogens with zero attached hydrogens (tertiary/aromatic N) is 5. The Kier molecular flexibility index (Phi) is 9.27. The maximum atomic E-state index is 5.93. The van der Waals surface area contributed by atoms with E-state index in [9.17, 15) is 0 Å². The molecule has 0 amide bonds. The van der Waals surface area contributed by atoms with E-state index >= 15 is 0 Å². The number of benzene rings is 1. The molecular weight excluding hydrogens is 354 g/mol. The molecule has 154 valence electrons. The number of para-hydroxylation sites is 1. The number of aromatic nitrogens is 3. The van der Waals surface area contributed by atoms with Crippen LogP contribution in [0.3, 0.4) is 0 Å². The zero-order valence-electron chi connectivity index (χ0n) is 17.5. The minimum Gasteiger partial charge on any atom is -0.492 e. The fourth-order valence-corrected chi connectivity index (χ4v) is 2.65. The second kappa shape index (κ2) is 12.0. The monoisotopic (exact) mass is 387 g/mol. The molecule has 1 heterocycles. The summed E-state index contributed by atoms with van der Waals surface area (Å²) in [4.78, 5) is 6.82. The quantitative estimate of drug-likeness (QED) is 0.450. The highest BCUT2D eigenvalue weighted by molar-refractivity contribution is 5.79. The Balaban J connectivity index is 1.92. The number of guanidine groups is 1. The first-order valence-corrected chi connectivity index (χ1v) is 9.88. The van der Waals surface area contributed by atoms with Gasteiger partial charge in [0.2, 0.25) is 0 Å². The Morgan fingerprint density at radius 1 is 1.21 bits per heavy atom. The topological polar surface area (TPSA) is 79.6 Å². The van der Waals surface area contributed by atoms with Gasteiger partial charge >= 0.3 is 0 Å². The highest BCUT2D eigenvalue weighted by Gasteiger charge is 2.05. The standard InChI is InChI=1S/C20H33N7O/c1-5-19-25-24-16-27(19)12-11-22-20(21-6-2)23-15-17-9-7-8-10-18(17)28-14-13-26(3)4/h7-10,16H,5-6,11-15H2,1-4H3,(H2,21,22,23). The van der Waals surface area contributed by atoms with Crippen molar-refractivity contribution in [3.05, 3.63) is 42.0 Å². The summed E-state index contributed by atoms with van der Waals surface area (Å²) in [7, 11) is 4.08. The summed E-state index contributed by atoms with van der Waals surface area (Å²) in [5.74, 6) is 2.67. The van der Waals surface area contributed by atoms with Crippen LogP contribution in [0, 0.1) is 0 Å². The van der Waals surface area contributed by atoms with Gasteiger partial charge in [-0.2, -0.15) is 0 Å². The molecule has 0 unspecified atom stereocenters. The van der Waals surface area contributed by atoms with E-state index in [1.165, 1.54) is 0 Å². The molecule has 0 spiro atoms. The van der Waals surface area contributed by atoms with Crippen molar-refractivity contribution >= 4 is 5.96 Å². The molecule has 1 aromatic carbocycles. The van der Waals surface area contributed by atoms with Gasteiger partial charge in [-0.1, -0.05) is 25.1 Å². The first-order valence-electron chi connectivity index (χ1n) is 9.88. The van der Waals surface area contributed by atoms with Crippen LogP contribution in [-0.4, -0.2) is 66.0 Å². The summed E-state index contributed by atoms with van der Waals surface area (Å²) in [5, 5.41) is 14.7. The number of hydrogen-bond donors (Lipinski definition) is 2. The molecule has 8 heteroatoms. The number of ether oxygens (including phenoxy) is 1. The molecule has 0 saturated heterocycles. The van der Waals surface area contributed by atoms with Crippen LogP contribution in [-0.2, 0) is 19.5 Å². The molecule has 2 aromatic rings. The summed E-state index contributed by atoms with van der Waals surface area (Å²) in [6.45, 7) is 8.58. The van der Waals surface area contributed by atoms with Crippen molar-refractivity contribution in [2.75, 3.05) is 40.3 Å². The molecule has 1 aromatic heterocycles. The summed E-state index contributed by atoms with van der Waals surface area (Å²) < 4.78 is 7.99. The van der Waals surface area contributed by atoms with E-state index in [0.29, 0.717) is 13.2 Å². The lowest BCUT2D eigenvalue weighted by molar-refractivity contribution is 0.259. The van der Waals surface area contributed by atoms with Gasteiger partial charge in [0.05, 0.1) is 6.54 Å². The number of likely N-dealkylation sites (N-methyl/N-ethyl adjacent to an activating group) is 1. The van der Waals surface area contributed by atoms with E-state index < -0.39 is 0 Å². The van der Waals surface area contributed by atoms with E-state index in [1.54, 1.807) is 6.33 Å². The van der Waals surface area contributed by atoms with Gasteiger partial charge in [-0.25, -0.2) is 4.99 Å². The Bertz CT molecular complexity index is 727. The van der Waals surface area contributed by atoms with Crippen LogP contribution in [0.25, 0.3) is 0 Å². The second-order valence-electron chi connectivity index (χ2n) is 6.68. The van der Waals surface area contributed by atoms with Crippen LogP contribution < -0.4 is 15.4 Å². The minimum absolute atomic E-state index is 0.556. The minimum atomic E-state index is 0.556. The second-order valence-corrected chi connectivity index (χ2v) is 6.68. The summed E-state index contributed by atoms with van der Waals surface area (Å²) >= 11 is 0. The van der Waals surface area contributed by atoms with E-state index in [1.807, 2.05) is 32.3 Å². The van der Waals surface area contributed by atoms with E-state index in [0.717, 1.165) is 55.7 Å². The van der Waals surface area contributed by atoms with Crippen molar-refractivity contribution in [1.82, 2.24) is 30.3 Å². The molecule has 0 radical (unpaired) electrons. The number of nitrogens with one attached hydrogen (secondary N) is 2. The lowest BCUT2D eigenvalue weighted by Gasteiger charge is -2.14. The van der Waals surface area contributed by atoms with Gasteiger partial charge < -0.3 is 24.8 Å². The number of aliphatic imine (C=N–C) groups is 1. The Morgan fingerprint density at radius 3 is 2.79 bits per heavy atom. The zero-order chi connectivity index (χ0) is 20.2. The highest BCUT2D eigenvalue weighted by Crippen LogP contribution is 2.18. The fourth-order valence-electron chi connectivity index (χ4n) is 2.65. The highest BCUT2D eigenvalue weighted by atomic mass is 16.5. The first-order chi connectivity index (χ1) is 13.6. The van der Waals surface area contributed by atoms with Gasteiger partial charge in [-0.15, -0.1) is 10.2 Å². The van der Waals surface area contributed by atoms with Gasteiger partial charge in [0.1, 0.15) is 24.5 Å². The van der Waals surface area contributed by atoms with Crippen molar-refractivity contribution in [3.63, 3.8) is 0 Å². The van der Waals surface area contributed by atoms with Gasteiger partial charge in [-0.05, 0) is 27.1 Å². The predicted octanol–water partition coefficient (Wildman–Crippen LogP) is 1.54. The maximum Gasteiger partial charge on any atom is 0.191 e. The van der Waals surface area contributed by atoms with Crippen molar-refractivity contribution in [2.24, 2.45) is 4.99 Å². The van der Waals surface area contributed by atoms with E-state index in [-0.39, 0.29) is 0 Å². The molecular formula is C20H33N7O. The molecule has 0 aliphatic rings. The predicted molar refractivity (Wildman–Crippen MR) is 113 cm³/mol. The molecule has 0 atom stereocenters. The number of hydrogen-bond acceptors (Lipinski definition) is 5. The molecule has 0 aliphatic heterocycles. The van der Waals surface area contributed by atoms with Crippen molar-refractivity contribution in [3.8, 4) is 5.75 Å². The molecule has 0 aliphatic carbocycles. The van der Waals surface area contributed by atoms with Crippen LogP contribution in [0.15, 0.2) is 35.6 Å². The van der Waals surface area contributed by atoms with Gasteiger partial charge in [0.15, 0.2) is 5.96 Å². The molecule has 2 N–H and O–H groups in total. The van der Waals surface area contributed by atoms with Crippen LogP contribution in [0.5, 0.6) is 5.75 Å². The SMILES string of the molecule is CCNC(=NCc1ccccc1OCCN(C)C)NCCn1cnnc1CC. The average Bonchev–Trinajstić information content (AvgIpc) is 3.14. The Labute approximate surface area is 168 Å². The molecule has 8 nitrogen and oxygen atoms in total. The normalized spacial score (nSPS) is 11.7. The van der Waals surface area contributed by atoms with E-state index in [2.05, 4.69) is 50.2 Å². The molecule has 0 saturated carbocycles. The smallest absolute Gasteiger partial charge is 0.191 e. The molecule has 0 bridgehead atoms. The Morgan fingerprint density at radius 2 is 2.04 bits per heavy atom.